The summed E-state index contributed by atoms with van der Waals surface area (Å²) in [6.45, 7) is 4.09. The molecule has 184 valence electrons. The molecule has 2 aliphatic heterocycles. The molecule has 3 heterocycles. The van der Waals surface area contributed by atoms with Gasteiger partial charge in [-0.3, -0.25) is 14.3 Å². The van der Waals surface area contributed by atoms with Crippen LogP contribution < -0.4 is 5.69 Å². The monoisotopic (exact) mass is 465 g/mol. The Balaban J connectivity index is 1.10. The molecule has 2 aromatic rings. The molecular weight excluding hydrogens is 426 g/mol. The summed E-state index contributed by atoms with van der Waals surface area (Å²) in [6.07, 6.45) is 9.84. The summed E-state index contributed by atoms with van der Waals surface area (Å²) in [6, 6.07) is 11.0. The first kappa shape index (κ1) is 23.3. The number of aromatic nitrogens is 3. The largest absolute Gasteiger partial charge is 0.345 e. The molecule has 3 aliphatic rings. The number of likely N-dealkylation sites (tertiary alicyclic amines) is 2. The molecule has 2 saturated heterocycles. The normalized spacial score (nSPS) is 21.4. The van der Waals surface area contributed by atoms with Crippen LogP contribution in [0.3, 0.4) is 0 Å². The molecule has 7 heteroatoms. The number of carbonyl (C=O) groups is 1. The van der Waals surface area contributed by atoms with E-state index in [1.54, 1.807) is 7.05 Å². The standard InChI is InChI=1S/C27H39N5O2/c1-29-27(34)32(24-9-5-6-10-24)26(28-29)23-13-15-30(16-14-23)20-25(33)31-17-11-22(12-18-31)19-21-7-3-2-4-8-21/h2-4,7-8,22-24H,5-6,9-20H2,1H3. The van der Waals surface area contributed by atoms with E-state index in [0.717, 1.165) is 76.9 Å². The first-order chi connectivity index (χ1) is 16.6. The number of amides is 1. The summed E-state index contributed by atoms with van der Waals surface area (Å²) in [4.78, 5) is 30.1. The van der Waals surface area contributed by atoms with Crippen LogP contribution in [0.25, 0.3) is 0 Å². The van der Waals surface area contributed by atoms with Crippen LogP contribution in [-0.2, 0) is 18.3 Å². The second-order valence-corrected chi connectivity index (χ2v) is 10.6. The molecule has 0 atom stereocenters. The number of hydrogen-bond donors (Lipinski definition) is 0. The molecule has 7 nitrogen and oxygen atoms in total. The van der Waals surface area contributed by atoms with Crippen LogP contribution >= 0.6 is 0 Å². The summed E-state index contributed by atoms with van der Waals surface area (Å²) < 4.78 is 3.52. The topological polar surface area (TPSA) is 63.4 Å². The van der Waals surface area contributed by atoms with Crippen LogP contribution in [-0.4, -0.2) is 62.8 Å². The van der Waals surface area contributed by atoms with Crippen molar-refractivity contribution in [1.82, 2.24) is 24.1 Å². The molecule has 1 aromatic carbocycles. The van der Waals surface area contributed by atoms with Gasteiger partial charge in [-0.05, 0) is 69.5 Å². The fraction of sp³-hybridized carbons (Fsp3) is 0.667. The van der Waals surface area contributed by atoms with E-state index >= 15 is 0 Å². The first-order valence-corrected chi connectivity index (χ1v) is 13.3. The van der Waals surface area contributed by atoms with Gasteiger partial charge in [-0.15, -0.1) is 0 Å². The van der Waals surface area contributed by atoms with Crippen molar-refractivity contribution >= 4 is 5.91 Å². The van der Waals surface area contributed by atoms with Crippen molar-refractivity contribution in [2.45, 2.75) is 69.7 Å². The van der Waals surface area contributed by atoms with E-state index in [1.165, 1.54) is 23.1 Å². The molecule has 0 spiro atoms. The van der Waals surface area contributed by atoms with E-state index in [0.29, 0.717) is 24.4 Å². The van der Waals surface area contributed by atoms with Crippen LogP contribution in [0.5, 0.6) is 0 Å². The minimum absolute atomic E-state index is 0.0372. The Bertz CT molecular complexity index is 1010. The number of hydrogen-bond acceptors (Lipinski definition) is 4. The second kappa shape index (κ2) is 10.5. The third-order valence-electron chi connectivity index (χ3n) is 8.32. The van der Waals surface area contributed by atoms with Gasteiger partial charge in [0.15, 0.2) is 0 Å². The predicted octanol–water partition coefficient (Wildman–Crippen LogP) is 3.36. The van der Waals surface area contributed by atoms with Gasteiger partial charge in [-0.1, -0.05) is 43.2 Å². The lowest BCUT2D eigenvalue weighted by molar-refractivity contribution is -0.134. The molecule has 1 aromatic heterocycles. The van der Waals surface area contributed by atoms with Crippen LogP contribution in [0.4, 0.5) is 0 Å². The maximum absolute atomic E-state index is 13.0. The third-order valence-corrected chi connectivity index (χ3v) is 8.32. The quantitative estimate of drug-likeness (QED) is 0.656. The molecular formula is C27H39N5O2. The van der Waals surface area contributed by atoms with Gasteiger partial charge in [0.25, 0.3) is 0 Å². The van der Waals surface area contributed by atoms with E-state index in [2.05, 4.69) is 45.2 Å². The number of benzene rings is 1. The SMILES string of the molecule is Cn1nc(C2CCN(CC(=O)N3CCC(Cc4ccccc4)CC3)CC2)n(C2CCCC2)c1=O. The number of nitrogens with zero attached hydrogens (tertiary/aromatic N) is 5. The molecule has 3 fully saturated rings. The van der Waals surface area contributed by atoms with Gasteiger partial charge in [0.2, 0.25) is 5.91 Å². The van der Waals surface area contributed by atoms with Crippen LogP contribution in [0.1, 0.15) is 74.7 Å². The number of aryl methyl sites for hydroxylation is 1. The smallest absolute Gasteiger partial charge is 0.342 e. The van der Waals surface area contributed by atoms with Crippen LogP contribution in [0.2, 0.25) is 0 Å². The molecule has 34 heavy (non-hydrogen) atoms. The molecule has 0 radical (unpaired) electrons. The van der Waals surface area contributed by atoms with Gasteiger partial charge in [-0.2, -0.15) is 5.10 Å². The van der Waals surface area contributed by atoms with Crippen LogP contribution in [0, 0.1) is 5.92 Å². The number of piperidine rings is 2. The fourth-order valence-electron chi connectivity index (χ4n) is 6.26. The van der Waals surface area contributed by atoms with Crippen molar-refractivity contribution in [2.24, 2.45) is 13.0 Å². The molecule has 5 rings (SSSR count). The number of carbonyl (C=O) groups excluding carboxylic acids is 1. The van der Waals surface area contributed by atoms with Gasteiger partial charge in [0.05, 0.1) is 6.54 Å². The maximum Gasteiger partial charge on any atom is 0.345 e. The summed E-state index contributed by atoms with van der Waals surface area (Å²) in [5.41, 5.74) is 1.44. The highest BCUT2D eigenvalue weighted by Gasteiger charge is 2.31. The third kappa shape index (κ3) is 5.14. The maximum atomic E-state index is 13.0. The zero-order valence-corrected chi connectivity index (χ0v) is 20.6. The molecule has 1 aliphatic carbocycles. The average Bonchev–Trinajstić information content (AvgIpc) is 3.49. The fourth-order valence-corrected chi connectivity index (χ4v) is 6.26. The van der Waals surface area contributed by atoms with Crippen molar-refractivity contribution in [3.05, 3.63) is 52.2 Å². The molecule has 1 saturated carbocycles. The van der Waals surface area contributed by atoms with Gasteiger partial charge < -0.3 is 4.90 Å². The Labute approximate surface area is 202 Å². The lowest BCUT2D eigenvalue weighted by Gasteiger charge is -2.36. The Kier molecular flexibility index (Phi) is 7.18. The lowest BCUT2D eigenvalue weighted by atomic mass is 9.90. The molecule has 0 unspecified atom stereocenters. The zero-order valence-electron chi connectivity index (χ0n) is 20.6. The van der Waals surface area contributed by atoms with E-state index < -0.39 is 0 Å². The number of rotatable bonds is 6. The van der Waals surface area contributed by atoms with Crippen LogP contribution in [0.15, 0.2) is 35.1 Å². The highest BCUT2D eigenvalue weighted by molar-refractivity contribution is 5.78. The predicted molar refractivity (Wildman–Crippen MR) is 133 cm³/mol. The average molecular weight is 466 g/mol. The molecule has 0 N–H and O–H groups in total. The zero-order chi connectivity index (χ0) is 23.5. The summed E-state index contributed by atoms with van der Waals surface area (Å²) in [5.74, 6) is 2.25. The van der Waals surface area contributed by atoms with Crippen molar-refractivity contribution < 1.29 is 4.79 Å². The van der Waals surface area contributed by atoms with Gasteiger partial charge in [-0.25, -0.2) is 9.48 Å². The molecule has 0 bridgehead atoms. The Morgan fingerprint density at radius 2 is 1.62 bits per heavy atom. The van der Waals surface area contributed by atoms with E-state index in [-0.39, 0.29) is 11.6 Å². The van der Waals surface area contributed by atoms with Gasteiger partial charge >= 0.3 is 5.69 Å². The minimum atomic E-state index is 0.0372. The van der Waals surface area contributed by atoms with E-state index in [4.69, 9.17) is 0 Å². The van der Waals surface area contributed by atoms with Gasteiger partial charge in [0, 0.05) is 32.1 Å². The van der Waals surface area contributed by atoms with Gasteiger partial charge in [0.1, 0.15) is 5.82 Å². The minimum Gasteiger partial charge on any atom is -0.342 e. The lowest BCUT2D eigenvalue weighted by Crippen LogP contribution is -2.46. The Morgan fingerprint density at radius 3 is 2.29 bits per heavy atom. The van der Waals surface area contributed by atoms with Crippen molar-refractivity contribution in [2.75, 3.05) is 32.7 Å². The Hall–Kier alpha value is -2.41. The van der Waals surface area contributed by atoms with E-state index in [1.807, 2.05) is 4.57 Å². The first-order valence-electron chi connectivity index (χ1n) is 13.3. The van der Waals surface area contributed by atoms with E-state index in [9.17, 15) is 9.59 Å². The summed E-state index contributed by atoms with van der Waals surface area (Å²) >= 11 is 0. The highest BCUT2D eigenvalue weighted by atomic mass is 16.2. The summed E-state index contributed by atoms with van der Waals surface area (Å²) in [7, 11) is 1.77. The van der Waals surface area contributed by atoms with Crippen molar-refractivity contribution in [3.63, 3.8) is 0 Å². The highest BCUT2D eigenvalue weighted by Crippen LogP contribution is 2.33. The van der Waals surface area contributed by atoms with Crippen molar-refractivity contribution in [3.8, 4) is 0 Å². The second-order valence-electron chi connectivity index (χ2n) is 10.6. The summed E-state index contributed by atoms with van der Waals surface area (Å²) in [5, 5.41) is 4.65. The molecule has 1 amide bonds. The van der Waals surface area contributed by atoms with Crippen molar-refractivity contribution in [1.29, 1.82) is 0 Å². The Morgan fingerprint density at radius 1 is 0.941 bits per heavy atom.